The molecule has 2 N–H and O–H groups in total. The number of nitrogens with two attached hydrogens (primary N) is 1. The molecule has 0 aliphatic heterocycles. The van der Waals surface area contributed by atoms with E-state index in [1.54, 1.807) is 0 Å². The highest BCUT2D eigenvalue weighted by molar-refractivity contribution is 5.34. The Bertz CT molecular complexity index is 415. The highest BCUT2D eigenvalue weighted by atomic mass is 15.3. The molecule has 0 radical (unpaired) electrons. The molecular formula is C13H21N3. The fourth-order valence-corrected chi connectivity index (χ4v) is 2.57. The summed E-state index contributed by atoms with van der Waals surface area (Å²) in [6, 6.07) is 0.0500. The number of aromatic nitrogens is 2. The molecule has 1 unspecified atom stereocenters. The minimum absolute atomic E-state index is 0.0500. The summed E-state index contributed by atoms with van der Waals surface area (Å²) in [5.41, 5.74) is 11.2. The van der Waals surface area contributed by atoms with E-state index in [4.69, 9.17) is 5.73 Å². The summed E-state index contributed by atoms with van der Waals surface area (Å²) in [6.45, 7) is 4.14. The predicted molar refractivity (Wildman–Crippen MR) is 66.2 cm³/mol. The third-order valence-corrected chi connectivity index (χ3v) is 3.60. The quantitative estimate of drug-likeness (QED) is 0.777. The Morgan fingerprint density at radius 3 is 2.62 bits per heavy atom. The van der Waals surface area contributed by atoms with Gasteiger partial charge in [-0.15, -0.1) is 0 Å². The van der Waals surface area contributed by atoms with E-state index in [2.05, 4.69) is 18.1 Å². The first-order valence-corrected chi connectivity index (χ1v) is 6.06. The fraction of sp³-hybridized carbons (Fsp3) is 0.615. The number of hydrogen-bond donors (Lipinski definition) is 1. The maximum Gasteiger partial charge on any atom is 0.0647 e. The molecule has 1 aromatic rings. The average molecular weight is 219 g/mol. The Morgan fingerprint density at radius 1 is 1.38 bits per heavy atom. The molecule has 0 bridgehead atoms. The second-order valence-electron chi connectivity index (χ2n) is 4.71. The SMILES string of the molecule is Cc1nn(C)c(C)c1C(N)C1=CCCCC1. The van der Waals surface area contributed by atoms with Crippen LogP contribution in [0.1, 0.15) is 48.7 Å². The van der Waals surface area contributed by atoms with Gasteiger partial charge in [-0.05, 0) is 39.5 Å². The molecule has 0 amide bonds. The molecule has 1 heterocycles. The van der Waals surface area contributed by atoms with Crippen LogP contribution in [0.2, 0.25) is 0 Å². The Hall–Kier alpha value is -1.09. The van der Waals surface area contributed by atoms with Crippen molar-refractivity contribution in [1.29, 1.82) is 0 Å². The van der Waals surface area contributed by atoms with Crippen LogP contribution < -0.4 is 5.73 Å². The number of nitrogens with zero attached hydrogens (tertiary/aromatic N) is 2. The van der Waals surface area contributed by atoms with E-state index in [0.29, 0.717) is 0 Å². The van der Waals surface area contributed by atoms with Gasteiger partial charge in [-0.25, -0.2) is 0 Å². The van der Waals surface area contributed by atoms with Crippen molar-refractivity contribution < 1.29 is 0 Å². The molecule has 0 fully saturated rings. The van der Waals surface area contributed by atoms with E-state index in [1.165, 1.54) is 36.1 Å². The van der Waals surface area contributed by atoms with Crippen LogP contribution in [0, 0.1) is 13.8 Å². The van der Waals surface area contributed by atoms with Gasteiger partial charge in [0.05, 0.1) is 11.7 Å². The number of hydrogen-bond acceptors (Lipinski definition) is 2. The van der Waals surface area contributed by atoms with Gasteiger partial charge in [-0.2, -0.15) is 5.10 Å². The normalized spacial score (nSPS) is 18.4. The van der Waals surface area contributed by atoms with Crippen molar-refractivity contribution in [3.8, 4) is 0 Å². The summed E-state index contributed by atoms with van der Waals surface area (Å²) in [5, 5.41) is 4.44. The summed E-state index contributed by atoms with van der Waals surface area (Å²) in [4.78, 5) is 0. The first-order chi connectivity index (χ1) is 7.61. The maximum atomic E-state index is 6.36. The molecule has 0 saturated carbocycles. The number of rotatable bonds is 2. The molecular weight excluding hydrogens is 198 g/mol. The third kappa shape index (κ3) is 1.92. The Morgan fingerprint density at radius 2 is 2.12 bits per heavy atom. The van der Waals surface area contributed by atoms with Crippen molar-refractivity contribution in [3.05, 3.63) is 28.6 Å². The molecule has 16 heavy (non-hydrogen) atoms. The zero-order valence-corrected chi connectivity index (χ0v) is 10.5. The number of allylic oxidation sites excluding steroid dienone is 1. The first kappa shape index (κ1) is 11.4. The van der Waals surface area contributed by atoms with Crippen molar-refractivity contribution in [2.45, 2.75) is 45.6 Å². The lowest BCUT2D eigenvalue weighted by molar-refractivity contribution is 0.644. The van der Waals surface area contributed by atoms with Gasteiger partial charge >= 0.3 is 0 Å². The average Bonchev–Trinajstić information content (AvgIpc) is 2.54. The minimum Gasteiger partial charge on any atom is -0.320 e. The van der Waals surface area contributed by atoms with Crippen molar-refractivity contribution in [2.75, 3.05) is 0 Å². The predicted octanol–water partition coefficient (Wildman–Crippen LogP) is 2.54. The zero-order chi connectivity index (χ0) is 11.7. The standard InChI is InChI=1S/C13H21N3/c1-9-12(10(2)16(3)15-9)13(14)11-7-5-4-6-8-11/h7,13H,4-6,8,14H2,1-3H3. The van der Waals surface area contributed by atoms with E-state index in [9.17, 15) is 0 Å². The van der Waals surface area contributed by atoms with E-state index < -0.39 is 0 Å². The van der Waals surface area contributed by atoms with Crippen LogP contribution in [0.5, 0.6) is 0 Å². The molecule has 1 atom stereocenters. The molecule has 2 rings (SSSR count). The molecule has 3 heteroatoms. The van der Waals surface area contributed by atoms with Crippen LogP contribution in [-0.2, 0) is 7.05 Å². The van der Waals surface area contributed by atoms with Crippen molar-refractivity contribution in [1.82, 2.24) is 9.78 Å². The topological polar surface area (TPSA) is 43.8 Å². The number of aryl methyl sites for hydroxylation is 2. The van der Waals surface area contributed by atoms with Crippen LogP contribution in [0.15, 0.2) is 11.6 Å². The Labute approximate surface area is 97.3 Å². The van der Waals surface area contributed by atoms with Crippen molar-refractivity contribution >= 4 is 0 Å². The van der Waals surface area contributed by atoms with Crippen LogP contribution in [0.3, 0.4) is 0 Å². The van der Waals surface area contributed by atoms with Gasteiger partial charge in [-0.3, -0.25) is 4.68 Å². The first-order valence-electron chi connectivity index (χ1n) is 6.06. The highest BCUT2D eigenvalue weighted by Crippen LogP contribution is 2.30. The van der Waals surface area contributed by atoms with E-state index in [1.807, 2.05) is 18.7 Å². The van der Waals surface area contributed by atoms with Gasteiger partial charge in [0.2, 0.25) is 0 Å². The lowest BCUT2D eigenvalue weighted by Gasteiger charge is -2.20. The van der Waals surface area contributed by atoms with Crippen LogP contribution in [0.25, 0.3) is 0 Å². The molecule has 1 aliphatic carbocycles. The Kier molecular flexibility index (Phi) is 3.15. The summed E-state index contributed by atoms with van der Waals surface area (Å²) in [7, 11) is 1.98. The second-order valence-corrected chi connectivity index (χ2v) is 4.71. The zero-order valence-electron chi connectivity index (χ0n) is 10.5. The monoisotopic (exact) mass is 219 g/mol. The molecule has 88 valence electrons. The van der Waals surface area contributed by atoms with Crippen LogP contribution >= 0.6 is 0 Å². The summed E-state index contributed by atoms with van der Waals surface area (Å²) >= 11 is 0. The third-order valence-electron chi connectivity index (χ3n) is 3.60. The van der Waals surface area contributed by atoms with E-state index in [-0.39, 0.29) is 6.04 Å². The van der Waals surface area contributed by atoms with E-state index in [0.717, 1.165) is 12.1 Å². The van der Waals surface area contributed by atoms with Crippen molar-refractivity contribution in [3.63, 3.8) is 0 Å². The van der Waals surface area contributed by atoms with Gasteiger partial charge in [0.1, 0.15) is 0 Å². The van der Waals surface area contributed by atoms with Gasteiger partial charge in [-0.1, -0.05) is 11.6 Å². The smallest absolute Gasteiger partial charge is 0.0647 e. The fourth-order valence-electron chi connectivity index (χ4n) is 2.57. The Balaban J connectivity index is 2.32. The lowest BCUT2D eigenvalue weighted by Crippen LogP contribution is -2.16. The van der Waals surface area contributed by atoms with Gasteiger partial charge in [0.25, 0.3) is 0 Å². The largest absolute Gasteiger partial charge is 0.320 e. The van der Waals surface area contributed by atoms with Gasteiger partial charge in [0, 0.05) is 18.3 Å². The molecule has 0 spiro atoms. The molecule has 3 nitrogen and oxygen atoms in total. The molecule has 0 saturated heterocycles. The maximum absolute atomic E-state index is 6.36. The van der Waals surface area contributed by atoms with E-state index >= 15 is 0 Å². The molecule has 1 aromatic heterocycles. The van der Waals surface area contributed by atoms with Crippen LogP contribution in [-0.4, -0.2) is 9.78 Å². The molecule has 0 aromatic carbocycles. The van der Waals surface area contributed by atoms with Gasteiger partial charge in [0.15, 0.2) is 0 Å². The summed E-state index contributed by atoms with van der Waals surface area (Å²) < 4.78 is 1.92. The van der Waals surface area contributed by atoms with Gasteiger partial charge < -0.3 is 5.73 Å². The molecule has 1 aliphatic rings. The summed E-state index contributed by atoms with van der Waals surface area (Å²) in [6.07, 6.45) is 7.23. The highest BCUT2D eigenvalue weighted by Gasteiger charge is 2.20. The van der Waals surface area contributed by atoms with Crippen molar-refractivity contribution in [2.24, 2.45) is 12.8 Å². The second kappa shape index (κ2) is 4.42. The summed E-state index contributed by atoms with van der Waals surface area (Å²) in [5.74, 6) is 0. The minimum atomic E-state index is 0.0500. The van der Waals surface area contributed by atoms with Crippen LogP contribution in [0.4, 0.5) is 0 Å². The lowest BCUT2D eigenvalue weighted by atomic mass is 9.89.